The third kappa shape index (κ3) is 1.90. The molecule has 0 saturated heterocycles. The van der Waals surface area contributed by atoms with Crippen LogP contribution in [-0.2, 0) is 11.2 Å². The molecular formula is C11H13N3O2. The van der Waals surface area contributed by atoms with E-state index in [1.165, 1.54) is 0 Å². The first-order valence-electron chi connectivity index (χ1n) is 5.02. The van der Waals surface area contributed by atoms with Crippen LogP contribution < -0.4 is 5.32 Å². The Morgan fingerprint density at radius 1 is 1.69 bits per heavy atom. The van der Waals surface area contributed by atoms with E-state index in [1.807, 2.05) is 12.3 Å². The number of hydrogen-bond acceptors (Lipinski definition) is 3. The minimum absolute atomic E-state index is 0.454. The summed E-state index contributed by atoms with van der Waals surface area (Å²) < 4.78 is 0. The summed E-state index contributed by atoms with van der Waals surface area (Å²) in [6.45, 7) is 0. The van der Waals surface area contributed by atoms with Crippen LogP contribution in [-0.4, -0.2) is 34.1 Å². The summed E-state index contributed by atoms with van der Waals surface area (Å²) in [5.41, 5.74) is 1.91. The summed E-state index contributed by atoms with van der Waals surface area (Å²) in [5.74, 6) is -0.842. The number of carbonyl (C=O) groups is 1. The molecule has 0 fully saturated rings. The fourth-order valence-electron chi connectivity index (χ4n) is 1.73. The van der Waals surface area contributed by atoms with Crippen LogP contribution in [0.5, 0.6) is 0 Å². The summed E-state index contributed by atoms with van der Waals surface area (Å²) in [6, 6.07) is 1.32. The van der Waals surface area contributed by atoms with Gasteiger partial charge in [-0.3, -0.25) is 9.78 Å². The lowest BCUT2D eigenvalue weighted by Crippen LogP contribution is -2.35. The van der Waals surface area contributed by atoms with E-state index < -0.39 is 12.0 Å². The van der Waals surface area contributed by atoms with Crippen molar-refractivity contribution in [1.29, 1.82) is 0 Å². The fraction of sp³-hybridized carbons (Fsp3) is 0.273. The van der Waals surface area contributed by atoms with Gasteiger partial charge in [-0.25, -0.2) is 0 Å². The third-order valence-electron chi connectivity index (χ3n) is 2.64. The van der Waals surface area contributed by atoms with Gasteiger partial charge in [-0.1, -0.05) is 0 Å². The van der Waals surface area contributed by atoms with Gasteiger partial charge in [0.2, 0.25) is 0 Å². The number of pyridine rings is 1. The molecule has 5 heteroatoms. The Morgan fingerprint density at radius 2 is 2.50 bits per heavy atom. The van der Waals surface area contributed by atoms with Crippen molar-refractivity contribution < 1.29 is 9.90 Å². The Bertz CT molecular complexity index is 507. The Hall–Kier alpha value is -1.88. The average Bonchev–Trinajstić information content (AvgIpc) is 2.69. The number of carboxylic acids is 1. The second kappa shape index (κ2) is 4.32. The molecule has 0 aromatic carbocycles. The number of carboxylic acid groups (broad SMARTS) is 1. The molecule has 84 valence electrons. The highest BCUT2D eigenvalue weighted by Gasteiger charge is 2.17. The summed E-state index contributed by atoms with van der Waals surface area (Å²) >= 11 is 0. The van der Waals surface area contributed by atoms with Crippen molar-refractivity contribution in [3.8, 4) is 0 Å². The maximum absolute atomic E-state index is 10.9. The van der Waals surface area contributed by atoms with Gasteiger partial charge in [-0.2, -0.15) is 0 Å². The molecule has 3 N–H and O–H groups in total. The number of H-pyrrole nitrogens is 1. The molecule has 0 bridgehead atoms. The Kier molecular flexibility index (Phi) is 2.87. The van der Waals surface area contributed by atoms with E-state index in [0.29, 0.717) is 6.42 Å². The number of aromatic amines is 1. The van der Waals surface area contributed by atoms with E-state index in [0.717, 1.165) is 16.5 Å². The number of aliphatic carboxylic acids is 1. The number of aromatic nitrogens is 2. The van der Waals surface area contributed by atoms with E-state index in [1.54, 1.807) is 19.4 Å². The van der Waals surface area contributed by atoms with Gasteiger partial charge in [0.05, 0.1) is 11.7 Å². The molecule has 0 aliphatic rings. The Labute approximate surface area is 92.5 Å². The quantitative estimate of drug-likeness (QED) is 0.710. The molecule has 16 heavy (non-hydrogen) atoms. The molecule has 1 atom stereocenters. The molecule has 0 aliphatic carbocycles. The molecule has 5 nitrogen and oxygen atoms in total. The predicted molar refractivity (Wildman–Crippen MR) is 60.3 cm³/mol. The van der Waals surface area contributed by atoms with Crippen LogP contribution in [0.25, 0.3) is 10.9 Å². The minimum atomic E-state index is -0.842. The van der Waals surface area contributed by atoms with Crippen molar-refractivity contribution in [2.24, 2.45) is 0 Å². The smallest absolute Gasteiger partial charge is 0.321 e. The van der Waals surface area contributed by atoms with E-state index >= 15 is 0 Å². The van der Waals surface area contributed by atoms with Gasteiger partial charge in [-0.15, -0.1) is 0 Å². The van der Waals surface area contributed by atoms with Gasteiger partial charge in [0.25, 0.3) is 0 Å². The molecule has 0 spiro atoms. The van der Waals surface area contributed by atoms with Crippen LogP contribution in [0.15, 0.2) is 24.7 Å². The summed E-state index contributed by atoms with van der Waals surface area (Å²) in [6.07, 6.45) is 5.72. The summed E-state index contributed by atoms with van der Waals surface area (Å²) in [5, 5.41) is 12.8. The topological polar surface area (TPSA) is 78.0 Å². The highest BCUT2D eigenvalue weighted by Crippen LogP contribution is 2.18. The monoisotopic (exact) mass is 219 g/mol. The first kappa shape index (κ1) is 10.6. The van der Waals surface area contributed by atoms with E-state index in [9.17, 15) is 4.79 Å². The second-order valence-corrected chi connectivity index (χ2v) is 3.62. The largest absolute Gasteiger partial charge is 0.480 e. The van der Waals surface area contributed by atoms with Gasteiger partial charge in [0.1, 0.15) is 6.04 Å². The summed E-state index contributed by atoms with van der Waals surface area (Å²) in [4.78, 5) is 18.0. The van der Waals surface area contributed by atoms with Crippen LogP contribution in [0.2, 0.25) is 0 Å². The first-order chi connectivity index (χ1) is 7.72. The SMILES string of the molecule is CN[C@@H](Cc1c[nH]c2cnccc12)C(=O)O. The highest BCUT2D eigenvalue weighted by molar-refractivity contribution is 5.83. The number of hydrogen-bond donors (Lipinski definition) is 3. The van der Waals surface area contributed by atoms with Crippen molar-refractivity contribution in [2.75, 3.05) is 7.05 Å². The van der Waals surface area contributed by atoms with Crippen LogP contribution in [0.1, 0.15) is 5.56 Å². The third-order valence-corrected chi connectivity index (χ3v) is 2.64. The Balaban J connectivity index is 2.30. The van der Waals surface area contributed by atoms with Crippen LogP contribution in [0, 0.1) is 0 Å². The highest BCUT2D eigenvalue weighted by atomic mass is 16.4. The maximum Gasteiger partial charge on any atom is 0.321 e. The van der Waals surface area contributed by atoms with E-state index in [-0.39, 0.29) is 0 Å². The minimum Gasteiger partial charge on any atom is -0.480 e. The zero-order chi connectivity index (χ0) is 11.5. The van der Waals surface area contributed by atoms with Crippen molar-refractivity contribution in [2.45, 2.75) is 12.5 Å². The molecule has 0 aliphatic heterocycles. The van der Waals surface area contributed by atoms with Gasteiger partial charge in [0, 0.05) is 24.2 Å². The van der Waals surface area contributed by atoms with Crippen LogP contribution in [0.4, 0.5) is 0 Å². The molecule has 0 saturated carbocycles. The number of fused-ring (bicyclic) bond motifs is 1. The van der Waals surface area contributed by atoms with Crippen molar-refractivity contribution in [3.63, 3.8) is 0 Å². The van der Waals surface area contributed by atoms with E-state index in [4.69, 9.17) is 5.11 Å². The normalized spacial score (nSPS) is 12.8. The van der Waals surface area contributed by atoms with E-state index in [2.05, 4.69) is 15.3 Å². The van der Waals surface area contributed by atoms with Crippen molar-refractivity contribution in [1.82, 2.24) is 15.3 Å². The van der Waals surface area contributed by atoms with Gasteiger partial charge >= 0.3 is 5.97 Å². The van der Waals surface area contributed by atoms with Gasteiger partial charge in [-0.05, 0) is 18.7 Å². The Morgan fingerprint density at radius 3 is 3.19 bits per heavy atom. The molecule has 2 aromatic rings. The molecular weight excluding hydrogens is 206 g/mol. The second-order valence-electron chi connectivity index (χ2n) is 3.62. The molecule has 2 heterocycles. The van der Waals surface area contributed by atoms with Gasteiger partial charge in [0.15, 0.2) is 0 Å². The van der Waals surface area contributed by atoms with Crippen LogP contribution >= 0.6 is 0 Å². The number of likely N-dealkylation sites (N-methyl/N-ethyl adjacent to an activating group) is 1. The lowest BCUT2D eigenvalue weighted by molar-refractivity contribution is -0.139. The summed E-state index contributed by atoms with van der Waals surface area (Å²) in [7, 11) is 1.65. The zero-order valence-electron chi connectivity index (χ0n) is 8.90. The fourth-order valence-corrected chi connectivity index (χ4v) is 1.73. The van der Waals surface area contributed by atoms with Crippen molar-refractivity contribution >= 4 is 16.9 Å². The molecule has 2 aromatic heterocycles. The standard InChI is InChI=1S/C11H13N3O2/c1-12-9(11(15)16)4-7-5-14-10-6-13-3-2-8(7)10/h2-3,5-6,9,12,14H,4H2,1H3,(H,15,16)/t9-/m0/s1. The lowest BCUT2D eigenvalue weighted by Gasteiger charge is -2.09. The predicted octanol–water partition coefficient (Wildman–Crippen LogP) is 0.778. The zero-order valence-corrected chi connectivity index (χ0v) is 8.90. The molecule has 0 radical (unpaired) electrons. The van der Waals surface area contributed by atoms with Crippen LogP contribution in [0.3, 0.4) is 0 Å². The number of rotatable bonds is 4. The van der Waals surface area contributed by atoms with Crippen molar-refractivity contribution in [3.05, 3.63) is 30.2 Å². The molecule has 2 rings (SSSR count). The lowest BCUT2D eigenvalue weighted by atomic mass is 10.1. The average molecular weight is 219 g/mol. The number of nitrogens with one attached hydrogen (secondary N) is 2. The number of nitrogens with zero attached hydrogens (tertiary/aromatic N) is 1. The molecule has 0 unspecified atom stereocenters. The van der Waals surface area contributed by atoms with Gasteiger partial charge < -0.3 is 15.4 Å². The maximum atomic E-state index is 10.9. The molecule has 0 amide bonds. The first-order valence-corrected chi connectivity index (χ1v) is 5.02.